The lowest BCUT2D eigenvalue weighted by molar-refractivity contribution is -0.139. The van der Waals surface area contributed by atoms with Crippen LogP contribution >= 0.6 is 11.6 Å². The zero-order chi connectivity index (χ0) is 15.9. The van der Waals surface area contributed by atoms with Crippen LogP contribution in [0.5, 0.6) is 0 Å². The lowest BCUT2D eigenvalue weighted by Crippen LogP contribution is -2.44. The van der Waals surface area contributed by atoms with Crippen LogP contribution in [0.3, 0.4) is 0 Å². The van der Waals surface area contributed by atoms with E-state index in [2.05, 4.69) is 10.6 Å². The Morgan fingerprint density at radius 2 is 1.68 bits per heavy atom. The van der Waals surface area contributed by atoms with Crippen LogP contribution in [0.15, 0.2) is 54.6 Å². The van der Waals surface area contributed by atoms with Gasteiger partial charge in [0, 0.05) is 17.1 Å². The Labute approximate surface area is 132 Å². The van der Waals surface area contributed by atoms with Gasteiger partial charge in [0.25, 0.3) is 0 Å². The Morgan fingerprint density at radius 1 is 1.05 bits per heavy atom. The summed E-state index contributed by atoms with van der Waals surface area (Å²) in [5.41, 5.74) is 1.37. The molecule has 0 aliphatic rings. The Bertz CT molecular complexity index is 644. The Morgan fingerprint density at radius 3 is 2.27 bits per heavy atom. The second-order valence-electron chi connectivity index (χ2n) is 4.69. The topological polar surface area (TPSA) is 78.4 Å². The number of carbonyl (C=O) groups excluding carboxylic acids is 1. The zero-order valence-electron chi connectivity index (χ0n) is 11.6. The first-order chi connectivity index (χ1) is 10.5. The van der Waals surface area contributed by atoms with E-state index in [4.69, 9.17) is 11.6 Å². The fourth-order valence-corrected chi connectivity index (χ4v) is 2.03. The maximum atomic E-state index is 11.9. The van der Waals surface area contributed by atoms with Crippen molar-refractivity contribution < 1.29 is 14.7 Å². The molecule has 0 bridgehead atoms. The molecule has 0 aliphatic heterocycles. The van der Waals surface area contributed by atoms with Crippen molar-refractivity contribution in [3.8, 4) is 0 Å². The van der Waals surface area contributed by atoms with Crippen molar-refractivity contribution >= 4 is 29.3 Å². The number of carboxylic acid groups (broad SMARTS) is 1. The minimum atomic E-state index is -1.10. The summed E-state index contributed by atoms with van der Waals surface area (Å²) in [4.78, 5) is 23.2. The van der Waals surface area contributed by atoms with Gasteiger partial charge in [0.1, 0.15) is 6.04 Å². The molecule has 6 heteroatoms. The number of carboxylic acids is 1. The number of hydrogen-bond acceptors (Lipinski definition) is 2. The van der Waals surface area contributed by atoms with Gasteiger partial charge in [-0.25, -0.2) is 9.59 Å². The number of halogens is 1. The van der Waals surface area contributed by atoms with Gasteiger partial charge in [0.15, 0.2) is 0 Å². The van der Waals surface area contributed by atoms with Crippen LogP contribution < -0.4 is 10.6 Å². The highest BCUT2D eigenvalue weighted by atomic mass is 35.5. The molecule has 2 aromatic rings. The van der Waals surface area contributed by atoms with Gasteiger partial charge in [0.05, 0.1) is 0 Å². The molecule has 1 atom stereocenters. The van der Waals surface area contributed by atoms with Gasteiger partial charge in [-0.3, -0.25) is 0 Å². The third-order valence-electron chi connectivity index (χ3n) is 2.99. The largest absolute Gasteiger partial charge is 0.480 e. The van der Waals surface area contributed by atoms with E-state index in [0.29, 0.717) is 10.7 Å². The lowest BCUT2D eigenvalue weighted by atomic mass is 10.1. The van der Waals surface area contributed by atoms with Gasteiger partial charge in [-0.1, -0.05) is 41.9 Å². The van der Waals surface area contributed by atoms with Crippen LogP contribution in [0.2, 0.25) is 5.02 Å². The van der Waals surface area contributed by atoms with E-state index in [9.17, 15) is 14.7 Å². The van der Waals surface area contributed by atoms with E-state index >= 15 is 0 Å². The molecule has 2 aromatic carbocycles. The summed E-state index contributed by atoms with van der Waals surface area (Å²) in [5.74, 6) is -1.10. The zero-order valence-corrected chi connectivity index (χ0v) is 12.4. The number of carbonyl (C=O) groups is 2. The van der Waals surface area contributed by atoms with Crippen LogP contribution in [-0.4, -0.2) is 23.1 Å². The first-order valence-corrected chi connectivity index (χ1v) is 7.02. The summed E-state index contributed by atoms with van der Waals surface area (Å²) >= 11 is 5.79. The minimum Gasteiger partial charge on any atom is -0.480 e. The van der Waals surface area contributed by atoms with Crippen LogP contribution in [0, 0.1) is 0 Å². The quantitative estimate of drug-likeness (QED) is 0.792. The molecule has 2 amide bonds. The van der Waals surface area contributed by atoms with E-state index in [1.54, 1.807) is 48.5 Å². The third kappa shape index (κ3) is 4.79. The van der Waals surface area contributed by atoms with Gasteiger partial charge in [0.2, 0.25) is 0 Å². The van der Waals surface area contributed by atoms with Crippen molar-refractivity contribution in [1.29, 1.82) is 0 Å². The van der Waals surface area contributed by atoms with Gasteiger partial charge in [-0.05, 0) is 29.8 Å². The maximum Gasteiger partial charge on any atom is 0.326 e. The Kier molecular flexibility index (Phi) is 5.38. The van der Waals surface area contributed by atoms with Crippen LogP contribution in [0.4, 0.5) is 10.5 Å². The predicted octanol–water partition coefficient (Wildman–Crippen LogP) is 3.16. The van der Waals surface area contributed by atoms with Gasteiger partial charge in [-0.15, -0.1) is 0 Å². The smallest absolute Gasteiger partial charge is 0.326 e. The lowest BCUT2D eigenvalue weighted by Gasteiger charge is -2.15. The number of hydrogen-bond donors (Lipinski definition) is 3. The molecule has 0 unspecified atom stereocenters. The average molecular weight is 319 g/mol. The highest BCUT2D eigenvalue weighted by Gasteiger charge is 2.20. The van der Waals surface area contributed by atoms with Crippen molar-refractivity contribution in [1.82, 2.24) is 5.32 Å². The Balaban J connectivity index is 1.98. The molecule has 114 valence electrons. The van der Waals surface area contributed by atoms with Crippen molar-refractivity contribution in [3.63, 3.8) is 0 Å². The molecule has 0 saturated carbocycles. The van der Waals surface area contributed by atoms with Crippen LogP contribution in [-0.2, 0) is 11.2 Å². The van der Waals surface area contributed by atoms with Crippen molar-refractivity contribution in [2.75, 3.05) is 5.32 Å². The minimum absolute atomic E-state index is 0.175. The summed E-state index contributed by atoms with van der Waals surface area (Å²) < 4.78 is 0. The second kappa shape index (κ2) is 7.47. The van der Waals surface area contributed by atoms with Crippen molar-refractivity contribution in [3.05, 3.63) is 65.2 Å². The first kappa shape index (κ1) is 15.9. The number of para-hydroxylation sites is 1. The molecular formula is C16H15ClN2O3. The van der Waals surface area contributed by atoms with Gasteiger partial charge < -0.3 is 15.7 Å². The van der Waals surface area contributed by atoms with E-state index in [-0.39, 0.29) is 6.42 Å². The monoisotopic (exact) mass is 318 g/mol. The normalized spacial score (nSPS) is 11.5. The summed E-state index contributed by atoms with van der Waals surface area (Å²) in [5, 5.41) is 14.8. The SMILES string of the molecule is O=C(Nc1ccccc1)N[C@@H](Cc1ccc(Cl)cc1)C(=O)O. The molecule has 0 spiro atoms. The highest BCUT2D eigenvalue weighted by molar-refractivity contribution is 6.30. The fraction of sp³-hybridized carbons (Fsp3) is 0.125. The molecule has 0 aromatic heterocycles. The summed E-state index contributed by atoms with van der Waals surface area (Å²) in [6.45, 7) is 0. The van der Waals surface area contributed by atoms with E-state index in [1.807, 2.05) is 6.07 Å². The highest BCUT2D eigenvalue weighted by Crippen LogP contribution is 2.11. The van der Waals surface area contributed by atoms with Crippen molar-refractivity contribution in [2.45, 2.75) is 12.5 Å². The molecule has 0 saturated heterocycles. The van der Waals surface area contributed by atoms with E-state index < -0.39 is 18.0 Å². The number of nitrogens with one attached hydrogen (secondary N) is 2. The van der Waals surface area contributed by atoms with Gasteiger partial charge in [-0.2, -0.15) is 0 Å². The summed E-state index contributed by atoms with van der Waals surface area (Å²) in [6, 6.07) is 14.0. The predicted molar refractivity (Wildman–Crippen MR) is 85.2 cm³/mol. The number of amides is 2. The third-order valence-corrected chi connectivity index (χ3v) is 3.24. The van der Waals surface area contributed by atoms with E-state index in [1.165, 1.54) is 0 Å². The first-order valence-electron chi connectivity index (χ1n) is 6.64. The van der Waals surface area contributed by atoms with Crippen molar-refractivity contribution in [2.24, 2.45) is 0 Å². The molecule has 5 nitrogen and oxygen atoms in total. The molecule has 3 N–H and O–H groups in total. The maximum absolute atomic E-state index is 11.9. The van der Waals surface area contributed by atoms with Crippen LogP contribution in [0.1, 0.15) is 5.56 Å². The molecule has 22 heavy (non-hydrogen) atoms. The molecule has 0 fully saturated rings. The molecule has 0 aliphatic carbocycles. The number of anilines is 1. The number of urea groups is 1. The number of rotatable bonds is 5. The number of benzene rings is 2. The molecule has 2 rings (SSSR count). The summed E-state index contributed by atoms with van der Waals surface area (Å²) in [7, 11) is 0. The fourth-order valence-electron chi connectivity index (χ4n) is 1.90. The number of aliphatic carboxylic acids is 1. The van der Waals surface area contributed by atoms with Gasteiger partial charge >= 0.3 is 12.0 Å². The Hall–Kier alpha value is -2.53. The summed E-state index contributed by atoms with van der Waals surface area (Å²) in [6.07, 6.45) is 0.175. The van der Waals surface area contributed by atoms with E-state index in [0.717, 1.165) is 5.56 Å². The standard InChI is InChI=1S/C16H15ClN2O3/c17-12-8-6-11(7-9-12)10-14(15(20)21)19-16(22)18-13-4-2-1-3-5-13/h1-9,14H,10H2,(H,20,21)(H2,18,19,22)/t14-/m0/s1. The second-order valence-corrected chi connectivity index (χ2v) is 5.12. The van der Waals surface area contributed by atoms with Crippen LogP contribution in [0.25, 0.3) is 0 Å². The molecule has 0 radical (unpaired) electrons. The average Bonchev–Trinajstić information content (AvgIpc) is 2.49. The molecular weight excluding hydrogens is 304 g/mol. The molecule has 0 heterocycles.